The zero-order chi connectivity index (χ0) is 23.5. The molecule has 2 amide bonds. The van der Waals surface area contributed by atoms with Crippen LogP contribution >= 0.6 is 0 Å². The largest absolute Gasteiger partial charge is 0.416 e. The van der Waals surface area contributed by atoms with Gasteiger partial charge in [0.15, 0.2) is 0 Å². The molecule has 3 rings (SSSR count). The fourth-order valence-electron chi connectivity index (χ4n) is 2.78. The molecule has 3 N–H and O–H groups in total. The summed E-state index contributed by atoms with van der Waals surface area (Å²) in [5.74, 6) is -0.761. The van der Waals surface area contributed by atoms with Crippen molar-refractivity contribution in [2.45, 2.75) is 18.0 Å². The second-order valence-electron chi connectivity index (χ2n) is 6.72. The van der Waals surface area contributed by atoms with Crippen molar-refractivity contribution in [3.05, 3.63) is 83.7 Å². The molecule has 168 valence electrons. The van der Waals surface area contributed by atoms with E-state index in [1.165, 1.54) is 43.3 Å². The maximum absolute atomic E-state index is 13.8. The Labute approximate surface area is 181 Å². The Bertz CT molecular complexity index is 1260. The van der Waals surface area contributed by atoms with E-state index in [-0.39, 0.29) is 22.0 Å². The number of rotatable bonds is 5. The molecule has 0 saturated heterocycles. The van der Waals surface area contributed by atoms with Crippen LogP contribution in [0.5, 0.6) is 0 Å². The summed E-state index contributed by atoms with van der Waals surface area (Å²) in [4.78, 5) is 12.0. The third-order valence-electron chi connectivity index (χ3n) is 4.30. The molecule has 0 aromatic heterocycles. The van der Waals surface area contributed by atoms with Gasteiger partial charge in [0.05, 0.1) is 16.1 Å². The smallest absolute Gasteiger partial charge is 0.308 e. The topological polar surface area (TPSA) is 87.3 Å². The van der Waals surface area contributed by atoms with Crippen LogP contribution in [0, 0.1) is 12.7 Å². The molecule has 0 aliphatic carbocycles. The summed E-state index contributed by atoms with van der Waals surface area (Å²) in [5, 5.41) is 4.62. The molecule has 3 aromatic carbocycles. The second kappa shape index (κ2) is 8.87. The van der Waals surface area contributed by atoms with E-state index in [4.69, 9.17) is 0 Å². The zero-order valence-electron chi connectivity index (χ0n) is 16.5. The highest BCUT2D eigenvalue weighted by molar-refractivity contribution is 7.92. The fourth-order valence-corrected chi connectivity index (χ4v) is 4.12. The number of aryl methyl sites for hydroxylation is 1. The van der Waals surface area contributed by atoms with Crippen molar-refractivity contribution >= 4 is 33.1 Å². The maximum Gasteiger partial charge on any atom is 0.416 e. The van der Waals surface area contributed by atoms with Crippen molar-refractivity contribution in [3.8, 4) is 0 Å². The van der Waals surface area contributed by atoms with E-state index in [9.17, 15) is 30.8 Å². The van der Waals surface area contributed by atoms with Crippen molar-refractivity contribution in [2.75, 3.05) is 15.4 Å². The van der Waals surface area contributed by atoms with E-state index >= 15 is 0 Å². The average molecular weight is 467 g/mol. The van der Waals surface area contributed by atoms with Crippen molar-refractivity contribution < 1.29 is 30.8 Å². The molecule has 0 heterocycles. The Balaban J connectivity index is 1.78. The van der Waals surface area contributed by atoms with Crippen molar-refractivity contribution in [2.24, 2.45) is 0 Å². The number of carbonyl (C=O) groups excluding carboxylic acids is 1. The SMILES string of the molecule is Cc1ccc(NC(=O)Nc2cccc(C(F)(F)F)c2)cc1S(=O)(=O)Nc1ccccc1F. The molecule has 0 saturated carbocycles. The Morgan fingerprint density at radius 3 is 2.19 bits per heavy atom. The zero-order valence-corrected chi connectivity index (χ0v) is 17.3. The molecule has 32 heavy (non-hydrogen) atoms. The van der Waals surface area contributed by atoms with E-state index in [1.54, 1.807) is 0 Å². The number of sulfonamides is 1. The Kier molecular flexibility index (Phi) is 6.40. The molecule has 0 radical (unpaired) electrons. The number of amides is 2. The summed E-state index contributed by atoms with van der Waals surface area (Å²) in [6, 6.07) is 12.4. The Morgan fingerprint density at radius 1 is 0.875 bits per heavy atom. The van der Waals surface area contributed by atoms with Crippen molar-refractivity contribution in [1.82, 2.24) is 0 Å². The van der Waals surface area contributed by atoms with Gasteiger partial charge in [-0.15, -0.1) is 0 Å². The maximum atomic E-state index is 13.8. The lowest BCUT2D eigenvalue weighted by molar-refractivity contribution is -0.137. The first-order valence-electron chi connectivity index (χ1n) is 9.09. The van der Waals surface area contributed by atoms with Gasteiger partial charge in [-0.25, -0.2) is 17.6 Å². The molecule has 0 bridgehead atoms. The van der Waals surface area contributed by atoms with Crippen LogP contribution in [-0.2, 0) is 16.2 Å². The number of hydrogen-bond donors (Lipinski definition) is 3. The lowest BCUT2D eigenvalue weighted by Gasteiger charge is -2.14. The van der Waals surface area contributed by atoms with Gasteiger partial charge in [0.25, 0.3) is 10.0 Å². The van der Waals surface area contributed by atoms with Gasteiger partial charge in [-0.3, -0.25) is 4.72 Å². The van der Waals surface area contributed by atoms with E-state index in [0.717, 1.165) is 30.3 Å². The first kappa shape index (κ1) is 23.1. The number of para-hydroxylation sites is 1. The summed E-state index contributed by atoms with van der Waals surface area (Å²) in [7, 11) is -4.19. The summed E-state index contributed by atoms with van der Waals surface area (Å²) >= 11 is 0. The normalized spacial score (nSPS) is 11.7. The van der Waals surface area contributed by atoms with E-state index in [2.05, 4.69) is 15.4 Å². The Morgan fingerprint density at radius 2 is 1.53 bits per heavy atom. The highest BCUT2D eigenvalue weighted by Crippen LogP contribution is 2.31. The number of hydrogen-bond acceptors (Lipinski definition) is 3. The Hall–Kier alpha value is -3.60. The van der Waals surface area contributed by atoms with E-state index in [0.29, 0.717) is 5.56 Å². The van der Waals surface area contributed by atoms with Gasteiger partial charge in [-0.05, 0) is 55.0 Å². The van der Waals surface area contributed by atoms with Gasteiger partial charge in [0.1, 0.15) is 5.82 Å². The average Bonchev–Trinajstić information content (AvgIpc) is 2.70. The lowest BCUT2D eigenvalue weighted by atomic mass is 10.2. The van der Waals surface area contributed by atoms with Crippen LogP contribution in [0.15, 0.2) is 71.6 Å². The standard InChI is InChI=1S/C21H17F4N3O3S/c1-13-9-10-16(12-19(13)32(30,31)28-18-8-3-2-7-17(18)22)27-20(29)26-15-6-4-5-14(11-15)21(23,24)25/h2-12,28H,1H3,(H2,26,27,29). The van der Waals surface area contributed by atoms with Crippen LogP contribution in [0.2, 0.25) is 0 Å². The highest BCUT2D eigenvalue weighted by Gasteiger charge is 2.30. The summed E-state index contributed by atoms with van der Waals surface area (Å²) < 4.78 is 79.9. The van der Waals surface area contributed by atoms with Gasteiger partial charge in [0.2, 0.25) is 0 Å². The number of anilines is 3. The lowest BCUT2D eigenvalue weighted by Crippen LogP contribution is -2.21. The third-order valence-corrected chi connectivity index (χ3v) is 5.81. The number of alkyl halides is 3. The molecular weight excluding hydrogens is 450 g/mol. The number of benzene rings is 3. The minimum Gasteiger partial charge on any atom is -0.308 e. The minimum atomic E-state index is -4.57. The molecule has 0 spiro atoms. The van der Waals surface area contributed by atoms with Crippen LogP contribution in [0.3, 0.4) is 0 Å². The van der Waals surface area contributed by atoms with Crippen LogP contribution in [0.25, 0.3) is 0 Å². The van der Waals surface area contributed by atoms with E-state index < -0.39 is 33.6 Å². The minimum absolute atomic E-state index is 0.0639. The molecular formula is C21H17F4N3O3S. The van der Waals surface area contributed by atoms with Gasteiger partial charge in [0, 0.05) is 11.4 Å². The summed E-state index contributed by atoms with van der Waals surface area (Å²) in [6.07, 6.45) is -4.57. The third kappa shape index (κ3) is 5.55. The summed E-state index contributed by atoms with van der Waals surface area (Å²) in [5.41, 5.74) is -0.879. The molecule has 11 heteroatoms. The van der Waals surface area contributed by atoms with Crippen LogP contribution in [-0.4, -0.2) is 14.4 Å². The highest BCUT2D eigenvalue weighted by atomic mass is 32.2. The number of urea groups is 1. The van der Waals surface area contributed by atoms with Gasteiger partial charge in [-0.1, -0.05) is 24.3 Å². The molecule has 0 fully saturated rings. The van der Waals surface area contributed by atoms with Gasteiger partial charge in [-0.2, -0.15) is 13.2 Å². The van der Waals surface area contributed by atoms with Crippen LogP contribution in [0.4, 0.5) is 39.4 Å². The first-order chi connectivity index (χ1) is 15.0. The van der Waals surface area contributed by atoms with Gasteiger partial charge < -0.3 is 10.6 Å². The van der Waals surface area contributed by atoms with Crippen LogP contribution in [0.1, 0.15) is 11.1 Å². The number of carbonyl (C=O) groups is 1. The monoisotopic (exact) mass is 467 g/mol. The molecule has 0 atom stereocenters. The molecule has 0 aliphatic rings. The quantitative estimate of drug-likeness (QED) is 0.427. The first-order valence-corrected chi connectivity index (χ1v) is 10.6. The molecule has 0 aliphatic heterocycles. The van der Waals surface area contributed by atoms with Gasteiger partial charge >= 0.3 is 12.2 Å². The predicted molar refractivity (Wildman–Crippen MR) is 112 cm³/mol. The molecule has 3 aromatic rings. The van der Waals surface area contributed by atoms with Crippen molar-refractivity contribution in [1.29, 1.82) is 0 Å². The fraction of sp³-hybridized carbons (Fsp3) is 0.0952. The number of nitrogens with one attached hydrogen (secondary N) is 3. The predicted octanol–water partition coefficient (Wildman–Crippen LogP) is 5.60. The molecule has 0 unspecified atom stereocenters. The summed E-state index contributed by atoms with van der Waals surface area (Å²) in [6.45, 7) is 1.52. The van der Waals surface area contributed by atoms with Crippen molar-refractivity contribution in [3.63, 3.8) is 0 Å². The van der Waals surface area contributed by atoms with Crippen LogP contribution < -0.4 is 15.4 Å². The second-order valence-corrected chi connectivity index (χ2v) is 8.37. The number of halogens is 4. The van der Waals surface area contributed by atoms with E-state index in [1.807, 2.05) is 0 Å². The molecule has 6 nitrogen and oxygen atoms in total.